The summed E-state index contributed by atoms with van der Waals surface area (Å²) in [4.78, 5) is 12.4. The Labute approximate surface area is 171 Å². The third-order valence-corrected chi connectivity index (χ3v) is 6.73. The van der Waals surface area contributed by atoms with Crippen LogP contribution in [-0.2, 0) is 14.8 Å². The van der Waals surface area contributed by atoms with Crippen LogP contribution in [0.25, 0.3) is 16.5 Å². The Morgan fingerprint density at radius 1 is 1.14 bits per heavy atom. The molecule has 1 aliphatic rings. The van der Waals surface area contributed by atoms with Crippen molar-refractivity contribution >= 4 is 49.9 Å². The van der Waals surface area contributed by atoms with Crippen LogP contribution < -0.4 is 5.32 Å². The fraction of sp³-hybridized carbons (Fsp3) is 0.105. The molecule has 4 rings (SSSR count). The Kier molecular flexibility index (Phi) is 4.64. The van der Waals surface area contributed by atoms with Crippen LogP contribution in [0.5, 0.6) is 0 Å². The molecule has 2 aromatic carbocycles. The molecule has 8 nitrogen and oxygen atoms in total. The SMILES string of the molecule is CN1C(CC(=O)Nc2ccc(Cl)nn2)=C(O)c2ccc3ccccc3c2S1(=O)=O. The number of hydrogen-bond acceptors (Lipinski definition) is 6. The predicted octanol–water partition coefficient (Wildman–Crippen LogP) is 3.17. The van der Waals surface area contributed by atoms with E-state index < -0.39 is 15.9 Å². The van der Waals surface area contributed by atoms with Gasteiger partial charge in [0.25, 0.3) is 10.0 Å². The van der Waals surface area contributed by atoms with Crippen LogP contribution in [0, 0.1) is 0 Å². The highest BCUT2D eigenvalue weighted by atomic mass is 35.5. The molecule has 0 fully saturated rings. The van der Waals surface area contributed by atoms with Crippen LogP contribution in [0.4, 0.5) is 5.82 Å². The highest BCUT2D eigenvalue weighted by Crippen LogP contribution is 2.39. The summed E-state index contributed by atoms with van der Waals surface area (Å²) >= 11 is 5.66. The molecule has 1 amide bonds. The van der Waals surface area contributed by atoms with Gasteiger partial charge in [-0.3, -0.25) is 9.10 Å². The molecule has 29 heavy (non-hydrogen) atoms. The molecular formula is C19H15ClN4O4S. The normalized spacial score (nSPS) is 15.3. The van der Waals surface area contributed by atoms with E-state index in [0.29, 0.717) is 5.39 Å². The molecule has 0 radical (unpaired) electrons. The van der Waals surface area contributed by atoms with Crippen LogP contribution in [0.2, 0.25) is 5.15 Å². The van der Waals surface area contributed by atoms with E-state index in [1.165, 1.54) is 19.2 Å². The highest BCUT2D eigenvalue weighted by Gasteiger charge is 2.36. The minimum Gasteiger partial charge on any atom is -0.505 e. The maximum Gasteiger partial charge on any atom is 0.265 e. The van der Waals surface area contributed by atoms with E-state index in [0.717, 1.165) is 9.69 Å². The number of carbonyl (C=O) groups excluding carboxylic acids is 1. The molecule has 0 saturated heterocycles. The van der Waals surface area contributed by atoms with Gasteiger partial charge in [-0.05, 0) is 23.6 Å². The maximum absolute atomic E-state index is 13.2. The standard InChI is InChI=1S/C19H15ClN4O4S/c1-24-14(10-17(25)21-16-9-8-15(20)22-23-16)18(26)13-7-6-11-4-2-3-5-12(11)19(13)29(24,27)28/h2-9,26H,10H2,1H3,(H,21,23,25). The van der Waals surface area contributed by atoms with Crippen molar-refractivity contribution in [2.24, 2.45) is 0 Å². The summed E-state index contributed by atoms with van der Waals surface area (Å²) in [5.41, 5.74) is 0.128. The lowest BCUT2D eigenvalue weighted by Crippen LogP contribution is -2.33. The molecule has 2 N–H and O–H groups in total. The fourth-order valence-electron chi connectivity index (χ4n) is 3.21. The van der Waals surface area contributed by atoms with E-state index >= 15 is 0 Å². The smallest absolute Gasteiger partial charge is 0.265 e. The van der Waals surface area contributed by atoms with Crippen molar-refractivity contribution in [1.82, 2.24) is 14.5 Å². The largest absolute Gasteiger partial charge is 0.505 e. The molecule has 148 valence electrons. The molecule has 10 heteroatoms. The highest BCUT2D eigenvalue weighted by molar-refractivity contribution is 7.89. The molecule has 2 heterocycles. The molecule has 0 unspecified atom stereocenters. The van der Waals surface area contributed by atoms with Crippen LogP contribution in [0.3, 0.4) is 0 Å². The third-order valence-electron chi connectivity index (χ3n) is 4.63. The first kappa shape index (κ1) is 19.2. The second-order valence-electron chi connectivity index (χ2n) is 6.40. The topological polar surface area (TPSA) is 112 Å². The molecule has 0 aliphatic carbocycles. The van der Waals surface area contributed by atoms with Crippen molar-refractivity contribution < 1.29 is 18.3 Å². The number of nitrogens with one attached hydrogen (secondary N) is 1. The number of aliphatic hydroxyl groups is 1. The van der Waals surface area contributed by atoms with E-state index in [4.69, 9.17) is 11.6 Å². The van der Waals surface area contributed by atoms with Crippen LogP contribution in [0.1, 0.15) is 12.0 Å². The summed E-state index contributed by atoms with van der Waals surface area (Å²) in [5.74, 6) is -0.665. The molecule has 0 spiro atoms. The number of hydrogen-bond donors (Lipinski definition) is 2. The second kappa shape index (κ2) is 7.02. The summed E-state index contributed by atoms with van der Waals surface area (Å²) in [6.07, 6.45) is -0.377. The zero-order valence-corrected chi connectivity index (χ0v) is 16.7. The lowest BCUT2D eigenvalue weighted by atomic mass is 10.0. The van der Waals surface area contributed by atoms with E-state index in [1.54, 1.807) is 36.4 Å². The van der Waals surface area contributed by atoms with Gasteiger partial charge in [0.2, 0.25) is 5.91 Å². The van der Waals surface area contributed by atoms with Gasteiger partial charge >= 0.3 is 0 Å². The van der Waals surface area contributed by atoms with E-state index in [-0.39, 0.29) is 39.3 Å². The van der Waals surface area contributed by atoms with Gasteiger partial charge in [0.1, 0.15) is 10.7 Å². The maximum atomic E-state index is 13.2. The van der Waals surface area contributed by atoms with Crippen molar-refractivity contribution in [3.05, 3.63) is 64.9 Å². The van der Waals surface area contributed by atoms with Crippen molar-refractivity contribution in [3.63, 3.8) is 0 Å². The number of amides is 1. The number of sulfonamides is 1. The predicted molar refractivity (Wildman–Crippen MR) is 109 cm³/mol. The van der Waals surface area contributed by atoms with Gasteiger partial charge < -0.3 is 10.4 Å². The van der Waals surface area contributed by atoms with Gasteiger partial charge in [-0.2, -0.15) is 0 Å². The number of halogens is 1. The summed E-state index contributed by atoms with van der Waals surface area (Å²) in [5, 5.41) is 22.0. The molecule has 1 aliphatic heterocycles. The Balaban J connectivity index is 1.75. The van der Waals surface area contributed by atoms with Gasteiger partial charge in [-0.1, -0.05) is 41.9 Å². The lowest BCUT2D eigenvalue weighted by Gasteiger charge is -2.30. The summed E-state index contributed by atoms with van der Waals surface area (Å²) in [6.45, 7) is 0. The number of aromatic nitrogens is 2. The fourth-order valence-corrected chi connectivity index (χ4v) is 4.93. The number of nitrogens with zero attached hydrogens (tertiary/aromatic N) is 3. The van der Waals surface area contributed by atoms with Crippen molar-refractivity contribution in [1.29, 1.82) is 0 Å². The summed E-state index contributed by atoms with van der Waals surface area (Å²) < 4.78 is 27.3. The molecule has 0 atom stereocenters. The lowest BCUT2D eigenvalue weighted by molar-refractivity contribution is -0.115. The average Bonchev–Trinajstić information content (AvgIpc) is 2.71. The van der Waals surface area contributed by atoms with Gasteiger partial charge in [0.15, 0.2) is 11.0 Å². The molecule has 3 aromatic rings. The first-order valence-corrected chi connectivity index (χ1v) is 10.3. The number of benzene rings is 2. The number of rotatable bonds is 3. The number of carbonyl (C=O) groups is 1. The first-order valence-electron chi connectivity index (χ1n) is 8.51. The second-order valence-corrected chi connectivity index (χ2v) is 8.69. The van der Waals surface area contributed by atoms with E-state index in [9.17, 15) is 18.3 Å². The Bertz CT molecular complexity index is 1270. The monoisotopic (exact) mass is 430 g/mol. The van der Waals surface area contributed by atoms with Crippen molar-refractivity contribution in [3.8, 4) is 0 Å². The number of fused-ring (bicyclic) bond motifs is 3. The van der Waals surface area contributed by atoms with E-state index in [2.05, 4.69) is 15.5 Å². The summed E-state index contributed by atoms with van der Waals surface area (Å²) in [7, 11) is -2.66. The van der Waals surface area contributed by atoms with Gasteiger partial charge in [-0.25, -0.2) is 8.42 Å². The average molecular weight is 431 g/mol. The van der Waals surface area contributed by atoms with Crippen LogP contribution in [-0.4, -0.2) is 41.0 Å². The van der Waals surface area contributed by atoms with Gasteiger partial charge in [-0.15, -0.1) is 10.2 Å². The Hall–Kier alpha value is -3.17. The van der Waals surface area contributed by atoms with Crippen molar-refractivity contribution in [2.45, 2.75) is 11.3 Å². The summed E-state index contributed by atoms with van der Waals surface area (Å²) in [6, 6.07) is 13.2. The number of aliphatic hydroxyl groups excluding tert-OH is 1. The van der Waals surface area contributed by atoms with Crippen LogP contribution in [0.15, 0.2) is 59.1 Å². The molecule has 1 aromatic heterocycles. The minimum absolute atomic E-state index is 0.0170. The molecular weight excluding hydrogens is 416 g/mol. The minimum atomic E-state index is -3.96. The molecule has 0 bridgehead atoms. The third kappa shape index (κ3) is 3.28. The zero-order valence-electron chi connectivity index (χ0n) is 15.1. The Morgan fingerprint density at radius 3 is 2.62 bits per heavy atom. The van der Waals surface area contributed by atoms with Crippen LogP contribution >= 0.6 is 11.6 Å². The first-order chi connectivity index (χ1) is 13.8. The van der Waals surface area contributed by atoms with Gasteiger partial charge in [0.05, 0.1) is 12.1 Å². The number of anilines is 1. The Morgan fingerprint density at radius 2 is 1.90 bits per heavy atom. The van der Waals surface area contributed by atoms with Gasteiger partial charge in [0, 0.05) is 18.0 Å². The zero-order chi connectivity index (χ0) is 20.8. The quantitative estimate of drug-likeness (QED) is 0.659. The van der Waals surface area contributed by atoms with Crippen molar-refractivity contribution in [2.75, 3.05) is 12.4 Å². The van der Waals surface area contributed by atoms with E-state index in [1.807, 2.05) is 0 Å². The molecule has 0 saturated carbocycles.